The summed E-state index contributed by atoms with van der Waals surface area (Å²) in [5.74, 6) is 4.67. The highest BCUT2D eigenvalue weighted by atomic mass is 35.5. The molecule has 144 valence electrons. The first-order valence-corrected chi connectivity index (χ1v) is 9.52. The van der Waals surface area contributed by atoms with E-state index in [1.165, 1.54) is 0 Å². The highest BCUT2D eigenvalue weighted by Crippen LogP contribution is 2.98. The van der Waals surface area contributed by atoms with Gasteiger partial charge in [0, 0.05) is 11.8 Å². The molecule has 1 spiro atoms. The van der Waals surface area contributed by atoms with E-state index in [0.29, 0.717) is 22.4 Å². The number of aromatic nitrogens is 3. The van der Waals surface area contributed by atoms with Crippen LogP contribution in [0, 0.1) is 29.1 Å². The number of nitrogen functional groups attached to an aromatic ring is 1. The van der Waals surface area contributed by atoms with E-state index in [9.17, 15) is 4.79 Å². The number of rotatable bonds is 2. The van der Waals surface area contributed by atoms with E-state index in [1.54, 1.807) is 13.3 Å². The van der Waals surface area contributed by atoms with Crippen LogP contribution in [-0.2, 0) is 14.3 Å². The van der Waals surface area contributed by atoms with Gasteiger partial charge >= 0.3 is 0 Å². The maximum absolute atomic E-state index is 12.3. The molecule has 2 bridgehead atoms. The zero-order chi connectivity index (χ0) is 19.8. The van der Waals surface area contributed by atoms with Crippen molar-refractivity contribution in [1.82, 2.24) is 14.5 Å². The van der Waals surface area contributed by atoms with E-state index in [2.05, 4.69) is 21.8 Å². The van der Waals surface area contributed by atoms with Gasteiger partial charge in [-0.25, -0.2) is 9.97 Å². The monoisotopic (exact) mass is 399 g/mol. The molecule has 28 heavy (non-hydrogen) atoms. The number of fused-ring (bicyclic) bond motifs is 1. The van der Waals surface area contributed by atoms with Crippen molar-refractivity contribution in [2.24, 2.45) is 23.0 Å². The Hall–Kier alpha value is -2.34. The van der Waals surface area contributed by atoms with Crippen LogP contribution < -0.4 is 11.5 Å². The fourth-order valence-corrected chi connectivity index (χ4v) is 6.34. The van der Waals surface area contributed by atoms with Crippen molar-refractivity contribution in [3.63, 3.8) is 0 Å². The number of hydrogen-bond acceptors (Lipinski definition) is 6. The second-order valence-electron chi connectivity index (χ2n) is 8.45. The number of nitrogens with two attached hydrogens (primary N) is 2. The number of hydrogen-bond donors (Lipinski definition) is 2. The summed E-state index contributed by atoms with van der Waals surface area (Å²) in [4.78, 5) is 21.3. The normalized spacial score (nSPS) is 40.6. The summed E-state index contributed by atoms with van der Waals surface area (Å²) in [6.07, 6.45) is 1.37. The lowest BCUT2D eigenvalue weighted by Crippen LogP contribution is -2.37. The number of ether oxygens (including phenoxy) is 2. The third kappa shape index (κ3) is 1.45. The second-order valence-corrected chi connectivity index (χ2v) is 8.81. The number of carbonyl (C=O) groups excluding carboxylic acids is 1. The summed E-state index contributed by atoms with van der Waals surface area (Å²) in [5.41, 5.74) is 12.7. The molecule has 0 radical (unpaired) electrons. The number of anilines is 1. The van der Waals surface area contributed by atoms with Crippen molar-refractivity contribution in [3.05, 3.63) is 17.0 Å². The maximum atomic E-state index is 12.3. The Bertz CT molecular complexity index is 1180. The molecule has 4 N–H and O–H groups in total. The van der Waals surface area contributed by atoms with Gasteiger partial charge in [0.2, 0.25) is 5.91 Å². The number of amides is 1. The molecule has 1 unspecified atom stereocenters. The lowest BCUT2D eigenvalue weighted by molar-refractivity contribution is -0.173. The predicted octanol–water partition coefficient (Wildman–Crippen LogP) is 1.21. The number of pyridine rings is 1. The van der Waals surface area contributed by atoms with Crippen LogP contribution in [0.1, 0.15) is 32.4 Å². The van der Waals surface area contributed by atoms with Gasteiger partial charge in [0.05, 0.1) is 29.0 Å². The van der Waals surface area contributed by atoms with Crippen LogP contribution in [0.25, 0.3) is 11.2 Å². The molecule has 4 aliphatic carbocycles. The number of nitrogens with zero attached hydrogens (tertiary/aromatic N) is 3. The standard InChI is InChI=1S/C19H18ClN5O3/c1-4-5-7-9(21)10-15(24-14(7)20)25(6-23-10)11-8-12-18(8,16(22)26)19(12)13(11)27-17(2,3)28-19/h6,8,11-13H,1-3H3,(H2,21,24)(H2,22,26)/t8-,11+,12?,13-,18-,19+/m0/s1. The Morgan fingerprint density at radius 2 is 2.18 bits per heavy atom. The van der Waals surface area contributed by atoms with Gasteiger partial charge < -0.3 is 25.5 Å². The van der Waals surface area contributed by atoms with Gasteiger partial charge in [0.1, 0.15) is 22.4 Å². The highest BCUT2D eigenvalue weighted by molar-refractivity contribution is 6.31. The Balaban J connectivity index is 1.52. The van der Waals surface area contributed by atoms with Gasteiger partial charge in [-0.05, 0) is 20.8 Å². The van der Waals surface area contributed by atoms with Gasteiger partial charge in [-0.15, -0.1) is 5.92 Å². The van der Waals surface area contributed by atoms with E-state index in [0.717, 1.165) is 0 Å². The lowest BCUT2D eigenvalue weighted by Gasteiger charge is -2.25. The molecule has 8 nitrogen and oxygen atoms in total. The zero-order valence-electron chi connectivity index (χ0n) is 15.5. The highest BCUT2D eigenvalue weighted by Gasteiger charge is 3.10. The first kappa shape index (κ1) is 16.6. The Kier molecular flexibility index (Phi) is 2.64. The number of primary amides is 1. The molecule has 1 aliphatic heterocycles. The van der Waals surface area contributed by atoms with E-state index >= 15 is 0 Å². The summed E-state index contributed by atoms with van der Waals surface area (Å²) in [7, 11) is 0. The molecule has 2 aromatic rings. The predicted molar refractivity (Wildman–Crippen MR) is 99.9 cm³/mol. The maximum Gasteiger partial charge on any atom is 0.227 e. The topological polar surface area (TPSA) is 118 Å². The summed E-state index contributed by atoms with van der Waals surface area (Å²) in [5, 5.41) is 0.224. The van der Waals surface area contributed by atoms with Crippen molar-refractivity contribution < 1.29 is 14.3 Å². The molecule has 7 rings (SSSR count). The van der Waals surface area contributed by atoms with Gasteiger partial charge in [0.15, 0.2) is 11.4 Å². The molecule has 6 atom stereocenters. The zero-order valence-corrected chi connectivity index (χ0v) is 16.2. The van der Waals surface area contributed by atoms with Gasteiger partial charge in [-0.2, -0.15) is 0 Å². The Morgan fingerprint density at radius 3 is 2.82 bits per heavy atom. The van der Waals surface area contributed by atoms with Crippen LogP contribution >= 0.6 is 11.6 Å². The Morgan fingerprint density at radius 1 is 1.43 bits per heavy atom. The minimum Gasteiger partial charge on any atom is -0.396 e. The van der Waals surface area contributed by atoms with Crippen molar-refractivity contribution in [3.8, 4) is 11.8 Å². The molecular weight excluding hydrogens is 382 g/mol. The first-order valence-electron chi connectivity index (χ1n) is 9.14. The van der Waals surface area contributed by atoms with Crippen LogP contribution in [0.4, 0.5) is 5.69 Å². The van der Waals surface area contributed by atoms with E-state index in [4.69, 9.17) is 32.5 Å². The number of imidazole rings is 1. The minimum atomic E-state index is -0.784. The quantitative estimate of drug-likeness (QED) is 0.579. The largest absolute Gasteiger partial charge is 0.396 e. The van der Waals surface area contributed by atoms with Crippen LogP contribution in [0.15, 0.2) is 6.33 Å². The van der Waals surface area contributed by atoms with E-state index < -0.39 is 16.8 Å². The molecule has 1 saturated heterocycles. The second kappa shape index (κ2) is 4.46. The molecule has 1 amide bonds. The number of halogens is 1. The fourth-order valence-electron chi connectivity index (χ4n) is 6.11. The Labute approximate surface area is 165 Å². The van der Waals surface area contributed by atoms with E-state index in [-0.39, 0.29) is 35.0 Å². The third-order valence-electron chi connectivity index (χ3n) is 6.90. The van der Waals surface area contributed by atoms with Crippen LogP contribution in [-0.4, -0.2) is 37.9 Å². The molecule has 9 heteroatoms. The molecule has 3 heterocycles. The van der Waals surface area contributed by atoms with Crippen molar-refractivity contribution in [2.45, 2.75) is 44.3 Å². The van der Waals surface area contributed by atoms with Crippen LogP contribution in [0.3, 0.4) is 0 Å². The SMILES string of the molecule is CC#Cc1c(Cl)nc2c(ncn2[C@@H]2[C@H]3C4[C@]5(OC(C)(C)O[C@@H]25)[C@]43C(N)=O)c1N. The molecule has 2 aromatic heterocycles. The summed E-state index contributed by atoms with van der Waals surface area (Å²) in [6.45, 7) is 5.41. The average Bonchev–Trinajstić information content (AvgIpc) is 3.20. The van der Waals surface area contributed by atoms with Crippen molar-refractivity contribution in [2.75, 3.05) is 5.73 Å². The molecule has 5 aliphatic rings. The molecular formula is C19H18ClN5O3. The summed E-state index contributed by atoms with van der Waals surface area (Å²) < 4.78 is 14.4. The summed E-state index contributed by atoms with van der Waals surface area (Å²) in [6, 6.07) is -0.171. The van der Waals surface area contributed by atoms with Crippen LogP contribution in [0.2, 0.25) is 5.15 Å². The fraction of sp³-hybridized carbons (Fsp3) is 0.526. The third-order valence-corrected chi connectivity index (χ3v) is 7.17. The van der Waals surface area contributed by atoms with Crippen LogP contribution in [0.5, 0.6) is 0 Å². The van der Waals surface area contributed by atoms with Crippen molar-refractivity contribution in [1.29, 1.82) is 0 Å². The first-order chi connectivity index (χ1) is 13.2. The summed E-state index contributed by atoms with van der Waals surface area (Å²) >= 11 is 6.34. The van der Waals surface area contributed by atoms with Gasteiger partial charge in [-0.3, -0.25) is 4.79 Å². The van der Waals surface area contributed by atoms with Gasteiger partial charge in [-0.1, -0.05) is 17.5 Å². The smallest absolute Gasteiger partial charge is 0.227 e. The minimum absolute atomic E-state index is 0.0420. The van der Waals surface area contributed by atoms with E-state index in [1.807, 2.05) is 18.4 Å². The van der Waals surface area contributed by atoms with Crippen molar-refractivity contribution >= 4 is 34.4 Å². The molecule has 4 saturated carbocycles. The average molecular weight is 400 g/mol. The molecule has 5 fully saturated rings. The molecule has 0 aromatic carbocycles. The van der Waals surface area contributed by atoms with Gasteiger partial charge in [0.25, 0.3) is 0 Å². The number of carbonyl (C=O) groups is 1. The lowest BCUT2D eigenvalue weighted by atomic mass is 10.0.